The van der Waals surface area contributed by atoms with Crippen LogP contribution in [0.15, 0.2) is 158 Å². The van der Waals surface area contributed by atoms with Gasteiger partial charge in [0.25, 0.3) is 0 Å². The van der Waals surface area contributed by atoms with Gasteiger partial charge in [-0.05, 0) is 46.2 Å². The highest BCUT2D eigenvalue weighted by Crippen LogP contribution is 2.55. The molecule has 0 saturated carbocycles. The van der Waals surface area contributed by atoms with Gasteiger partial charge in [0.05, 0.1) is 14.2 Å². The maximum Gasteiger partial charge on any atom is 0.149 e. The fourth-order valence-corrected chi connectivity index (χ4v) is 7.43. The minimum atomic E-state index is -1.21. The SMILES string of the molecule is COc1c(CCCl)cccc1C(OC(c1ccccc1)(c1ccccc1)c1cccc(CCCl)c1OC)(c1ccccc1)c1ccccc1. The smallest absolute Gasteiger partial charge is 0.149 e. The van der Waals surface area contributed by atoms with E-state index in [0.717, 1.165) is 56.0 Å². The minimum Gasteiger partial charge on any atom is -0.496 e. The van der Waals surface area contributed by atoms with Crippen molar-refractivity contribution in [1.82, 2.24) is 0 Å². The van der Waals surface area contributed by atoms with Crippen LogP contribution in [0.5, 0.6) is 11.5 Å². The van der Waals surface area contributed by atoms with Crippen molar-refractivity contribution in [2.75, 3.05) is 26.0 Å². The maximum atomic E-state index is 8.27. The third-order valence-electron chi connectivity index (χ3n) is 9.12. The zero-order chi connectivity index (χ0) is 34.1. The van der Waals surface area contributed by atoms with Crippen molar-refractivity contribution in [3.63, 3.8) is 0 Å². The van der Waals surface area contributed by atoms with Crippen molar-refractivity contribution in [3.05, 3.63) is 202 Å². The van der Waals surface area contributed by atoms with Crippen LogP contribution in [0.4, 0.5) is 0 Å². The van der Waals surface area contributed by atoms with E-state index in [-0.39, 0.29) is 0 Å². The first-order valence-corrected chi connectivity index (χ1v) is 17.6. The van der Waals surface area contributed by atoms with Crippen LogP contribution in [0, 0.1) is 0 Å². The average molecular weight is 688 g/mol. The molecule has 0 aliphatic heterocycles. The van der Waals surface area contributed by atoms with E-state index in [1.807, 2.05) is 24.3 Å². The molecule has 6 aromatic carbocycles. The Morgan fingerprint density at radius 1 is 0.408 bits per heavy atom. The Hall–Kier alpha value is -4.54. The highest BCUT2D eigenvalue weighted by atomic mass is 35.5. The van der Waals surface area contributed by atoms with Crippen LogP contribution in [0.2, 0.25) is 0 Å². The molecule has 248 valence electrons. The summed E-state index contributed by atoms with van der Waals surface area (Å²) < 4.78 is 20.9. The second-order valence-corrected chi connectivity index (χ2v) is 12.6. The number of methoxy groups -OCH3 is 2. The van der Waals surface area contributed by atoms with E-state index in [9.17, 15) is 0 Å². The number of hydrogen-bond acceptors (Lipinski definition) is 3. The lowest BCUT2D eigenvalue weighted by atomic mass is 9.74. The summed E-state index contributed by atoms with van der Waals surface area (Å²) in [5.41, 5.74) is 5.06. The lowest BCUT2D eigenvalue weighted by Gasteiger charge is -2.47. The lowest BCUT2D eigenvalue weighted by molar-refractivity contribution is -0.0827. The van der Waals surface area contributed by atoms with Crippen molar-refractivity contribution in [2.24, 2.45) is 0 Å². The van der Waals surface area contributed by atoms with Gasteiger partial charge in [-0.25, -0.2) is 0 Å². The molecule has 0 aliphatic carbocycles. The molecule has 6 rings (SSSR count). The van der Waals surface area contributed by atoms with Crippen LogP contribution in [-0.2, 0) is 28.8 Å². The molecule has 0 atom stereocenters. The largest absolute Gasteiger partial charge is 0.496 e. The Labute approximate surface area is 300 Å². The first-order chi connectivity index (χ1) is 24.1. The van der Waals surface area contributed by atoms with Crippen molar-refractivity contribution < 1.29 is 14.2 Å². The van der Waals surface area contributed by atoms with E-state index in [0.29, 0.717) is 24.6 Å². The van der Waals surface area contributed by atoms with Gasteiger partial charge < -0.3 is 14.2 Å². The van der Waals surface area contributed by atoms with Gasteiger partial charge in [0.15, 0.2) is 0 Å². The molecule has 0 radical (unpaired) electrons. The maximum absolute atomic E-state index is 8.27. The summed E-state index contributed by atoms with van der Waals surface area (Å²) in [5, 5.41) is 0. The van der Waals surface area contributed by atoms with Gasteiger partial charge in [-0.3, -0.25) is 0 Å². The standard InChI is InChI=1S/C44H40Cl2O3/c1-47-41-33(29-31-45)17-15-27-39(41)43(35-19-7-3-8-20-35,36-21-9-4-10-22-36)49-44(37-23-11-5-12-24-37,38-25-13-6-14-26-38)40-28-16-18-34(30-32-46)42(40)48-2/h3-28H,29-32H2,1-2H3. The second kappa shape index (κ2) is 15.8. The molecule has 0 bridgehead atoms. The lowest BCUT2D eigenvalue weighted by Crippen LogP contribution is -2.45. The zero-order valence-electron chi connectivity index (χ0n) is 27.8. The summed E-state index contributed by atoms with van der Waals surface area (Å²) in [7, 11) is 3.44. The van der Waals surface area contributed by atoms with Crippen LogP contribution in [0.25, 0.3) is 0 Å². The van der Waals surface area contributed by atoms with Crippen molar-refractivity contribution in [2.45, 2.75) is 24.0 Å². The van der Waals surface area contributed by atoms with Gasteiger partial charge in [-0.15, -0.1) is 23.2 Å². The number of benzene rings is 6. The van der Waals surface area contributed by atoms with E-state index in [4.69, 9.17) is 37.4 Å². The summed E-state index contributed by atoms with van der Waals surface area (Å²) in [6, 6.07) is 54.1. The highest BCUT2D eigenvalue weighted by molar-refractivity contribution is 6.18. The monoisotopic (exact) mass is 686 g/mol. The third-order valence-corrected chi connectivity index (χ3v) is 9.49. The van der Waals surface area contributed by atoms with E-state index in [1.54, 1.807) is 14.2 Å². The number of alkyl halides is 2. The van der Waals surface area contributed by atoms with Crippen LogP contribution in [-0.4, -0.2) is 26.0 Å². The molecule has 49 heavy (non-hydrogen) atoms. The molecule has 0 aliphatic rings. The van der Waals surface area contributed by atoms with Crippen LogP contribution >= 0.6 is 23.2 Å². The van der Waals surface area contributed by atoms with Gasteiger partial charge in [0, 0.05) is 22.9 Å². The molecular weight excluding hydrogens is 647 g/mol. The molecule has 5 heteroatoms. The van der Waals surface area contributed by atoms with Crippen LogP contribution in [0.3, 0.4) is 0 Å². The molecular formula is C44H40Cl2O3. The molecule has 3 nitrogen and oxygen atoms in total. The number of ether oxygens (including phenoxy) is 3. The second-order valence-electron chi connectivity index (χ2n) is 11.8. The number of halogens is 2. The van der Waals surface area contributed by atoms with Crippen LogP contribution < -0.4 is 9.47 Å². The molecule has 0 aromatic heterocycles. The average Bonchev–Trinajstić information content (AvgIpc) is 3.17. The van der Waals surface area contributed by atoms with Crippen LogP contribution in [0.1, 0.15) is 44.5 Å². The Morgan fingerprint density at radius 2 is 0.714 bits per heavy atom. The van der Waals surface area contributed by atoms with Gasteiger partial charge in [-0.1, -0.05) is 158 Å². The molecule has 0 spiro atoms. The van der Waals surface area contributed by atoms with Crippen molar-refractivity contribution >= 4 is 23.2 Å². The van der Waals surface area contributed by atoms with E-state index in [2.05, 4.69) is 133 Å². The quantitative estimate of drug-likeness (QED) is 0.0843. The summed E-state index contributed by atoms with van der Waals surface area (Å²) in [6.45, 7) is 0. The van der Waals surface area contributed by atoms with Crippen molar-refractivity contribution in [1.29, 1.82) is 0 Å². The number of aryl methyl sites for hydroxylation is 2. The topological polar surface area (TPSA) is 27.7 Å². The first-order valence-electron chi connectivity index (χ1n) is 16.5. The molecule has 0 N–H and O–H groups in total. The predicted molar refractivity (Wildman–Crippen MR) is 201 cm³/mol. The Balaban J connectivity index is 1.84. The predicted octanol–water partition coefficient (Wildman–Crippen LogP) is 10.6. The molecule has 6 aromatic rings. The fraction of sp³-hybridized carbons (Fsp3) is 0.182. The van der Waals surface area contributed by atoms with Crippen molar-refractivity contribution in [3.8, 4) is 11.5 Å². The van der Waals surface area contributed by atoms with Gasteiger partial charge in [0.1, 0.15) is 22.7 Å². The molecule has 0 fully saturated rings. The summed E-state index contributed by atoms with van der Waals surface area (Å²) >= 11 is 12.8. The third kappa shape index (κ3) is 6.47. The zero-order valence-corrected chi connectivity index (χ0v) is 29.3. The first kappa shape index (κ1) is 34.3. The molecule has 0 saturated heterocycles. The fourth-order valence-electron chi connectivity index (χ4n) is 7.03. The van der Waals surface area contributed by atoms with Gasteiger partial charge in [-0.2, -0.15) is 0 Å². The highest BCUT2D eigenvalue weighted by Gasteiger charge is 2.51. The van der Waals surface area contributed by atoms with E-state index < -0.39 is 11.2 Å². The Morgan fingerprint density at radius 3 is 0.980 bits per heavy atom. The molecule has 0 unspecified atom stereocenters. The molecule has 0 amide bonds. The summed E-state index contributed by atoms with van der Waals surface area (Å²) in [5.74, 6) is 2.36. The normalized spacial score (nSPS) is 11.7. The Kier molecular flexibility index (Phi) is 11.1. The van der Waals surface area contributed by atoms with Gasteiger partial charge >= 0.3 is 0 Å². The van der Waals surface area contributed by atoms with Gasteiger partial charge in [0.2, 0.25) is 0 Å². The summed E-state index contributed by atoms with van der Waals surface area (Å²) in [6.07, 6.45) is 1.27. The van der Waals surface area contributed by atoms with E-state index >= 15 is 0 Å². The van der Waals surface area contributed by atoms with E-state index in [1.165, 1.54) is 0 Å². The number of rotatable bonds is 14. The molecule has 0 heterocycles. The Bertz CT molecular complexity index is 1710. The minimum absolute atomic E-state index is 0.451. The number of hydrogen-bond donors (Lipinski definition) is 0. The summed E-state index contributed by atoms with van der Waals surface area (Å²) in [4.78, 5) is 0. The number of para-hydroxylation sites is 2.